The predicted molar refractivity (Wildman–Crippen MR) is 154 cm³/mol. The van der Waals surface area contributed by atoms with Crippen LogP contribution in [0, 0.1) is 5.41 Å². The van der Waals surface area contributed by atoms with E-state index >= 15 is 0 Å². The molecule has 0 fully saturated rings. The first-order chi connectivity index (χ1) is 18.1. The quantitative estimate of drug-likeness (QED) is 0.276. The fraction of sp³-hybridized carbons (Fsp3) is 0.393. The van der Waals surface area contributed by atoms with Crippen molar-refractivity contribution in [2.75, 3.05) is 12.4 Å². The highest BCUT2D eigenvalue weighted by Crippen LogP contribution is 2.48. The van der Waals surface area contributed by atoms with E-state index < -0.39 is 6.04 Å². The molecule has 2 heterocycles. The summed E-state index contributed by atoms with van der Waals surface area (Å²) in [4.78, 5) is 18.4. The minimum Gasteiger partial charge on any atom is -0.493 e. The zero-order valence-corrected chi connectivity index (χ0v) is 25.1. The van der Waals surface area contributed by atoms with Gasteiger partial charge in [-0.05, 0) is 70.9 Å². The van der Waals surface area contributed by atoms with Gasteiger partial charge in [0.2, 0.25) is 11.1 Å². The molecule has 200 valence electrons. The topological polar surface area (TPSA) is 78.3 Å². The van der Waals surface area contributed by atoms with Gasteiger partial charge in [-0.15, -0.1) is 5.10 Å². The van der Waals surface area contributed by atoms with Gasteiger partial charge in [-0.3, -0.25) is 4.79 Å². The average molecular weight is 618 g/mol. The van der Waals surface area contributed by atoms with Crippen molar-refractivity contribution in [3.63, 3.8) is 0 Å². The number of hydrogen-bond acceptors (Lipinski definition) is 7. The highest BCUT2D eigenvalue weighted by Gasteiger charge is 2.42. The van der Waals surface area contributed by atoms with Gasteiger partial charge in [-0.1, -0.05) is 55.4 Å². The first-order valence-electron chi connectivity index (χ1n) is 12.5. The number of Topliss-reactive ketones (excluding diaryl/α,β-unsaturated/α-hetero) is 1. The normalized spacial score (nSPS) is 18.2. The number of aromatic nitrogens is 3. The van der Waals surface area contributed by atoms with Gasteiger partial charge in [0.25, 0.3) is 0 Å². The molecule has 0 saturated heterocycles. The summed E-state index contributed by atoms with van der Waals surface area (Å²) < 4.78 is 14.3. The number of rotatable bonds is 7. The lowest BCUT2D eigenvalue weighted by molar-refractivity contribution is -0.118. The number of fused-ring (bicyclic) bond motifs is 1. The predicted octanol–water partition coefficient (Wildman–Crippen LogP) is 7.44. The number of ketones is 1. The van der Waals surface area contributed by atoms with E-state index in [1.54, 1.807) is 7.11 Å². The SMILES string of the molecule is COc1cc(C2C3=C(CC(C)(C)CC3=O)Nc3nc(SCc4ccccc4Cl)nn32)cc(Br)c1OC(C)C. The van der Waals surface area contributed by atoms with E-state index in [0.717, 1.165) is 33.3 Å². The van der Waals surface area contributed by atoms with Crippen LogP contribution < -0.4 is 14.8 Å². The number of nitrogens with zero attached hydrogens (tertiary/aromatic N) is 3. The second-order valence-electron chi connectivity index (χ2n) is 10.6. The molecule has 2 aliphatic rings. The highest BCUT2D eigenvalue weighted by atomic mass is 79.9. The second kappa shape index (κ2) is 10.6. The fourth-order valence-corrected chi connectivity index (χ4v) is 6.63. The Morgan fingerprint density at radius 3 is 2.74 bits per heavy atom. The maximum Gasteiger partial charge on any atom is 0.227 e. The van der Waals surface area contributed by atoms with Crippen LogP contribution in [0.25, 0.3) is 0 Å². The maximum atomic E-state index is 13.6. The maximum absolute atomic E-state index is 13.6. The molecular formula is C28H30BrClN4O3S. The van der Waals surface area contributed by atoms with Crippen molar-refractivity contribution in [3.05, 3.63) is 68.3 Å². The molecule has 1 unspecified atom stereocenters. The number of thioether (sulfide) groups is 1. The number of benzene rings is 2. The number of hydrogen-bond donors (Lipinski definition) is 1. The summed E-state index contributed by atoms with van der Waals surface area (Å²) in [6.07, 6.45) is 1.18. The standard InChI is InChI=1S/C28H30BrClN4O3S/c1-15(2)37-25-18(29)10-17(11-22(25)36-5)24-23-20(12-28(3,4)13-21(23)35)31-26-32-27(33-34(24)26)38-14-16-8-6-7-9-19(16)30/h6-11,15,24H,12-14H2,1-5H3,(H,31,32,33). The molecular weight excluding hydrogens is 588 g/mol. The van der Waals surface area contributed by atoms with E-state index in [1.807, 2.05) is 54.9 Å². The molecule has 1 N–H and O–H groups in total. The minimum absolute atomic E-state index is 0.0268. The molecule has 0 amide bonds. The van der Waals surface area contributed by atoms with Gasteiger partial charge in [0, 0.05) is 28.5 Å². The lowest BCUT2D eigenvalue weighted by Crippen LogP contribution is -2.36. The van der Waals surface area contributed by atoms with Crippen molar-refractivity contribution in [3.8, 4) is 11.5 Å². The molecule has 0 bridgehead atoms. The molecule has 3 aromatic rings. The highest BCUT2D eigenvalue weighted by molar-refractivity contribution is 9.10. The Kier molecular flexibility index (Phi) is 7.55. The Bertz CT molecular complexity index is 1440. The van der Waals surface area contributed by atoms with Gasteiger partial charge in [-0.25, -0.2) is 4.68 Å². The Hall–Kier alpha value is -2.49. The molecule has 5 rings (SSSR count). The number of anilines is 1. The van der Waals surface area contributed by atoms with Crippen LogP contribution in [-0.4, -0.2) is 33.8 Å². The van der Waals surface area contributed by atoms with Crippen LogP contribution >= 0.6 is 39.3 Å². The van der Waals surface area contributed by atoms with Crippen LogP contribution in [0.3, 0.4) is 0 Å². The summed E-state index contributed by atoms with van der Waals surface area (Å²) in [6, 6.07) is 11.2. The van der Waals surface area contributed by atoms with Crippen LogP contribution in [0.1, 0.15) is 57.7 Å². The third kappa shape index (κ3) is 5.33. The van der Waals surface area contributed by atoms with E-state index in [-0.39, 0.29) is 17.3 Å². The monoisotopic (exact) mass is 616 g/mol. The molecule has 38 heavy (non-hydrogen) atoms. The Morgan fingerprint density at radius 1 is 1.26 bits per heavy atom. The zero-order chi connectivity index (χ0) is 27.2. The van der Waals surface area contributed by atoms with Crippen molar-refractivity contribution in [1.29, 1.82) is 0 Å². The lowest BCUT2D eigenvalue weighted by Gasteiger charge is -2.38. The van der Waals surface area contributed by atoms with Gasteiger partial charge in [-0.2, -0.15) is 4.98 Å². The average Bonchev–Trinajstić information content (AvgIpc) is 3.24. The first kappa shape index (κ1) is 27.1. The zero-order valence-electron chi connectivity index (χ0n) is 22.0. The molecule has 0 saturated carbocycles. The fourth-order valence-electron chi connectivity index (χ4n) is 4.96. The molecule has 1 aromatic heterocycles. The molecule has 1 aliphatic carbocycles. The summed E-state index contributed by atoms with van der Waals surface area (Å²) in [5.41, 5.74) is 3.35. The van der Waals surface area contributed by atoms with Crippen molar-refractivity contribution in [1.82, 2.24) is 14.8 Å². The van der Waals surface area contributed by atoms with Crippen LogP contribution in [-0.2, 0) is 10.5 Å². The number of ether oxygens (including phenoxy) is 2. The Balaban J connectivity index is 1.59. The number of allylic oxidation sites excluding steroid dienone is 2. The molecule has 1 atom stereocenters. The van der Waals surface area contributed by atoms with Gasteiger partial charge < -0.3 is 14.8 Å². The molecule has 0 radical (unpaired) electrons. The summed E-state index contributed by atoms with van der Waals surface area (Å²) in [5.74, 6) is 2.56. The van der Waals surface area contributed by atoms with Crippen molar-refractivity contribution in [2.45, 2.75) is 63.6 Å². The smallest absolute Gasteiger partial charge is 0.227 e. The van der Waals surface area contributed by atoms with Gasteiger partial charge >= 0.3 is 0 Å². The third-order valence-electron chi connectivity index (χ3n) is 6.55. The van der Waals surface area contributed by atoms with Crippen molar-refractivity contribution >= 4 is 51.0 Å². The van der Waals surface area contributed by atoms with Gasteiger partial charge in [0.05, 0.1) is 17.7 Å². The number of halogens is 2. The Morgan fingerprint density at radius 2 is 2.03 bits per heavy atom. The van der Waals surface area contributed by atoms with Crippen LogP contribution in [0.15, 0.2) is 57.3 Å². The number of nitrogens with one attached hydrogen (secondary N) is 1. The lowest BCUT2D eigenvalue weighted by atomic mass is 9.73. The van der Waals surface area contributed by atoms with E-state index in [4.69, 9.17) is 31.2 Å². The number of carbonyl (C=O) groups excluding carboxylic acids is 1. The molecule has 0 spiro atoms. The third-order valence-corrected chi connectivity index (χ3v) is 8.39. The Labute approximate surface area is 240 Å². The number of carbonyl (C=O) groups is 1. The molecule has 10 heteroatoms. The van der Waals surface area contributed by atoms with Crippen LogP contribution in [0.5, 0.6) is 11.5 Å². The summed E-state index contributed by atoms with van der Waals surface area (Å²) >= 11 is 11.5. The summed E-state index contributed by atoms with van der Waals surface area (Å²) in [6.45, 7) is 8.17. The summed E-state index contributed by atoms with van der Waals surface area (Å²) in [7, 11) is 1.62. The van der Waals surface area contributed by atoms with E-state index in [1.165, 1.54) is 11.8 Å². The second-order valence-corrected chi connectivity index (χ2v) is 12.8. The van der Waals surface area contributed by atoms with Gasteiger partial charge in [0.15, 0.2) is 17.3 Å². The largest absolute Gasteiger partial charge is 0.493 e. The summed E-state index contributed by atoms with van der Waals surface area (Å²) in [5, 5.41) is 9.62. The first-order valence-corrected chi connectivity index (χ1v) is 14.6. The molecule has 1 aliphatic heterocycles. The number of methoxy groups -OCH3 is 1. The minimum atomic E-state index is -0.453. The van der Waals surface area contributed by atoms with E-state index in [9.17, 15) is 4.79 Å². The van der Waals surface area contributed by atoms with Gasteiger partial charge in [0.1, 0.15) is 6.04 Å². The van der Waals surface area contributed by atoms with Crippen molar-refractivity contribution < 1.29 is 14.3 Å². The van der Waals surface area contributed by atoms with Crippen LogP contribution in [0.2, 0.25) is 5.02 Å². The van der Waals surface area contributed by atoms with E-state index in [0.29, 0.717) is 39.8 Å². The van der Waals surface area contributed by atoms with Crippen molar-refractivity contribution in [2.24, 2.45) is 5.41 Å². The van der Waals surface area contributed by atoms with Crippen LogP contribution in [0.4, 0.5) is 5.95 Å². The van der Waals surface area contributed by atoms with E-state index in [2.05, 4.69) is 35.1 Å². The molecule has 2 aromatic carbocycles. The molecule has 7 nitrogen and oxygen atoms in total.